The highest BCUT2D eigenvalue weighted by atomic mass is 127. The normalized spacial score (nSPS) is 17.2. The summed E-state index contributed by atoms with van der Waals surface area (Å²) < 4.78 is 0. The van der Waals surface area contributed by atoms with E-state index in [1.165, 1.54) is 38.3 Å². The Hall–Kier alpha value is -0.860. The van der Waals surface area contributed by atoms with Gasteiger partial charge in [0.1, 0.15) is 0 Å². The molecule has 2 rings (SSSR count). The quantitative estimate of drug-likeness (QED) is 0.243. The van der Waals surface area contributed by atoms with Gasteiger partial charge in [0.25, 0.3) is 0 Å². The highest BCUT2D eigenvalue weighted by Gasteiger charge is 2.17. The molecule has 0 spiro atoms. The number of likely N-dealkylation sites (N-methyl/N-ethyl adjacent to an activating group) is 1. The van der Waals surface area contributed by atoms with Gasteiger partial charge < -0.3 is 20.4 Å². The molecule has 0 amide bonds. The van der Waals surface area contributed by atoms with Gasteiger partial charge in [0.2, 0.25) is 0 Å². The first-order valence-corrected chi connectivity index (χ1v) is 10.1. The minimum atomic E-state index is 0. The molecule has 1 saturated heterocycles. The molecule has 1 aromatic rings. The van der Waals surface area contributed by atoms with E-state index >= 15 is 0 Å². The predicted molar refractivity (Wildman–Crippen MR) is 127 cm³/mol. The van der Waals surface area contributed by atoms with Gasteiger partial charge in [-0.1, -0.05) is 44.2 Å². The fraction of sp³-hybridized carbons (Fsp3) is 0.667. The molecule has 27 heavy (non-hydrogen) atoms. The number of aliphatic imine (C=N–C) groups is 1. The van der Waals surface area contributed by atoms with E-state index in [-0.39, 0.29) is 24.0 Å². The Morgan fingerprint density at radius 3 is 2.37 bits per heavy atom. The first kappa shape index (κ1) is 24.2. The molecule has 0 aliphatic carbocycles. The fourth-order valence-electron chi connectivity index (χ4n) is 3.43. The van der Waals surface area contributed by atoms with Crippen LogP contribution in [0.1, 0.15) is 25.8 Å². The molecule has 1 unspecified atom stereocenters. The van der Waals surface area contributed by atoms with Gasteiger partial charge in [0.15, 0.2) is 5.96 Å². The summed E-state index contributed by atoms with van der Waals surface area (Å²) in [5.41, 5.74) is 1.40. The van der Waals surface area contributed by atoms with E-state index in [1.54, 1.807) is 0 Å². The third-order valence-electron chi connectivity index (χ3n) is 5.10. The monoisotopic (exact) mass is 487 g/mol. The number of nitrogens with zero attached hydrogens (tertiary/aromatic N) is 3. The summed E-state index contributed by atoms with van der Waals surface area (Å²) in [7, 11) is 1.85. The zero-order chi connectivity index (χ0) is 18.6. The van der Waals surface area contributed by atoms with Gasteiger partial charge >= 0.3 is 0 Å². The lowest BCUT2D eigenvalue weighted by molar-refractivity contribution is 0.124. The molecule has 0 saturated carbocycles. The Morgan fingerprint density at radius 2 is 1.74 bits per heavy atom. The number of guanidine groups is 1. The van der Waals surface area contributed by atoms with Crippen LogP contribution in [0.15, 0.2) is 35.3 Å². The highest BCUT2D eigenvalue weighted by Crippen LogP contribution is 2.05. The largest absolute Gasteiger partial charge is 0.356 e. The maximum absolute atomic E-state index is 4.35. The van der Waals surface area contributed by atoms with E-state index in [0.29, 0.717) is 5.92 Å². The Kier molecular flexibility index (Phi) is 12.7. The number of rotatable bonds is 9. The van der Waals surface area contributed by atoms with Crippen molar-refractivity contribution in [3.63, 3.8) is 0 Å². The average Bonchev–Trinajstić information content (AvgIpc) is 2.69. The Labute approximate surface area is 183 Å². The third kappa shape index (κ3) is 9.76. The van der Waals surface area contributed by atoms with E-state index in [0.717, 1.165) is 38.4 Å². The SMILES string of the molecule is CCN1CCN(CC(C)CNC(=NC)NCCCc2ccccc2)CC1.I. The molecule has 1 heterocycles. The van der Waals surface area contributed by atoms with E-state index in [2.05, 4.69) is 69.6 Å². The molecule has 1 aliphatic rings. The molecule has 1 atom stereocenters. The van der Waals surface area contributed by atoms with Crippen LogP contribution in [0.4, 0.5) is 0 Å². The molecule has 6 heteroatoms. The maximum atomic E-state index is 4.35. The summed E-state index contributed by atoms with van der Waals surface area (Å²) in [6, 6.07) is 10.7. The standard InChI is InChI=1S/C21H37N5.HI/c1-4-25-13-15-26(16-14-25)18-19(2)17-24-21(22-3)23-12-8-11-20-9-6-5-7-10-20;/h5-7,9-10,19H,4,8,11-18H2,1-3H3,(H2,22,23,24);1H. The van der Waals surface area contributed by atoms with E-state index in [1.807, 2.05) is 7.05 Å². The van der Waals surface area contributed by atoms with E-state index < -0.39 is 0 Å². The molecular weight excluding hydrogens is 449 g/mol. The molecule has 1 fully saturated rings. The van der Waals surface area contributed by atoms with Gasteiger partial charge in [-0.2, -0.15) is 0 Å². The number of benzene rings is 1. The second kappa shape index (κ2) is 14.2. The van der Waals surface area contributed by atoms with Crippen molar-refractivity contribution in [2.24, 2.45) is 10.9 Å². The van der Waals surface area contributed by atoms with Gasteiger partial charge in [-0.3, -0.25) is 4.99 Å². The number of hydrogen-bond donors (Lipinski definition) is 2. The Balaban J connectivity index is 0.00000364. The number of hydrogen-bond acceptors (Lipinski definition) is 3. The minimum absolute atomic E-state index is 0. The van der Waals surface area contributed by atoms with Crippen molar-refractivity contribution in [1.29, 1.82) is 0 Å². The Morgan fingerprint density at radius 1 is 1.07 bits per heavy atom. The van der Waals surface area contributed by atoms with Crippen molar-refractivity contribution in [2.75, 3.05) is 59.4 Å². The lowest BCUT2D eigenvalue weighted by atomic mass is 10.1. The zero-order valence-electron chi connectivity index (χ0n) is 17.3. The molecular formula is C21H38IN5. The van der Waals surface area contributed by atoms with Gasteiger partial charge in [0, 0.05) is 52.9 Å². The lowest BCUT2D eigenvalue weighted by Crippen LogP contribution is -2.48. The lowest BCUT2D eigenvalue weighted by Gasteiger charge is -2.35. The molecule has 0 aromatic heterocycles. The molecule has 5 nitrogen and oxygen atoms in total. The summed E-state index contributed by atoms with van der Waals surface area (Å²) in [6.45, 7) is 13.6. The maximum Gasteiger partial charge on any atom is 0.190 e. The summed E-state index contributed by atoms with van der Waals surface area (Å²) in [6.07, 6.45) is 2.22. The van der Waals surface area contributed by atoms with Crippen molar-refractivity contribution in [3.05, 3.63) is 35.9 Å². The predicted octanol–water partition coefficient (Wildman–Crippen LogP) is 2.68. The summed E-state index contributed by atoms with van der Waals surface area (Å²) in [5.74, 6) is 1.53. The number of piperazine rings is 1. The number of aryl methyl sites for hydroxylation is 1. The summed E-state index contributed by atoms with van der Waals surface area (Å²) in [5, 5.41) is 6.91. The summed E-state index contributed by atoms with van der Waals surface area (Å²) in [4.78, 5) is 9.47. The van der Waals surface area contributed by atoms with Crippen LogP contribution in [0.3, 0.4) is 0 Å². The minimum Gasteiger partial charge on any atom is -0.356 e. The number of halogens is 1. The number of nitrogens with one attached hydrogen (secondary N) is 2. The van der Waals surface area contributed by atoms with Gasteiger partial charge in [0.05, 0.1) is 0 Å². The van der Waals surface area contributed by atoms with Crippen LogP contribution in [0, 0.1) is 5.92 Å². The fourth-order valence-corrected chi connectivity index (χ4v) is 3.43. The first-order chi connectivity index (χ1) is 12.7. The van der Waals surface area contributed by atoms with Crippen LogP contribution in [-0.4, -0.2) is 75.2 Å². The summed E-state index contributed by atoms with van der Waals surface area (Å²) >= 11 is 0. The highest BCUT2D eigenvalue weighted by molar-refractivity contribution is 14.0. The van der Waals surface area contributed by atoms with E-state index in [9.17, 15) is 0 Å². The zero-order valence-corrected chi connectivity index (χ0v) is 19.6. The topological polar surface area (TPSA) is 42.9 Å². The molecule has 0 bridgehead atoms. The third-order valence-corrected chi connectivity index (χ3v) is 5.10. The average molecular weight is 487 g/mol. The van der Waals surface area contributed by atoms with Crippen molar-refractivity contribution < 1.29 is 0 Å². The van der Waals surface area contributed by atoms with Crippen molar-refractivity contribution >= 4 is 29.9 Å². The smallest absolute Gasteiger partial charge is 0.190 e. The van der Waals surface area contributed by atoms with Crippen molar-refractivity contribution in [1.82, 2.24) is 20.4 Å². The van der Waals surface area contributed by atoms with Gasteiger partial charge in [-0.25, -0.2) is 0 Å². The second-order valence-corrected chi connectivity index (χ2v) is 7.31. The Bertz CT molecular complexity index is 515. The molecule has 1 aromatic carbocycles. The van der Waals surface area contributed by atoms with Gasteiger partial charge in [-0.15, -0.1) is 24.0 Å². The van der Waals surface area contributed by atoms with Crippen LogP contribution in [0.25, 0.3) is 0 Å². The van der Waals surface area contributed by atoms with E-state index in [4.69, 9.17) is 0 Å². The molecule has 154 valence electrons. The van der Waals surface area contributed by atoms with Crippen LogP contribution in [0.5, 0.6) is 0 Å². The van der Waals surface area contributed by atoms with Crippen LogP contribution >= 0.6 is 24.0 Å². The second-order valence-electron chi connectivity index (χ2n) is 7.31. The van der Waals surface area contributed by atoms with Crippen molar-refractivity contribution in [3.8, 4) is 0 Å². The van der Waals surface area contributed by atoms with Crippen molar-refractivity contribution in [2.45, 2.75) is 26.7 Å². The van der Waals surface area contributed by atoms with Gasteiger partial charge in [-0.05, 0) is 30.9 Å². The molecule has 2 N–H and O–H groups in total. The molecule has 0 radical (unpaired) electrons. The first-order valence-electron chi connectivity index (χ1n) is 10.1. The molecule has 1 aliphatic heterocycles. The van der Waals surface area contributed by atoms with Crippen LogP contribution in [0.2, 0.25) is 0 Å². The van der Waals surface area contributed by atoms with Crippen LogP contribution < -0.4 is 10.6 Å². The van der Waals surface area contributed by atoms with Crippen LogP contribution in [-0.2, 0) is 6.42 Å².